The zero-order valence-electron chi connectivity index (χ0n) is 19.2. The van der Waals surface area contributed by atoms with E-state index < -0.39 is 12.0 Å². The molecule has 0 saturated carbocycles. The molecule has 0 amide bonds. The van der Waals surface area contributed by atoms with Crippen molar-refractivity contribution in [3.8, 4) is 11.5 Å². The van der Waals surface area contributed by atoms with Gasteiger partial charge < -0.3 is 14.6 Å². The molecule has 3 aromatic carbocycles. The number of piperidine rings is 1. The number of hydrogen-bond acceptors (Lipinski definition) is 4. The van der Waals surface area contributed by atoms with Gasteiger partial charge >= 0.3 is 5.97 Å². The van der Waals surface area contributed by atoms with Crippen LogP contribution in [0.25, 0.3) is 0 Å². The van der Waals surface area contributed by atoms with E-state index in [-0.39, 0.29) is 6.04 Å². The fraction of sp³-hybridized carbons (Fsp3) is 0.321. The van der Waals surface area contributed by atoms with Crippen LogP contribution in [0.5, 0.6) is 11.5 Å². The predicted octanol–water partition coefficient (Wildman–Crippen LogP) is 5.61. The Kier molecular flexibility index (Phi) is 7.30. The predicted molar refractivity (Wildman–Crippen MR) is 129 cm³/mol. The smallest absolute Gasteiger partial charge is 0.320 e. The summed E-state index contributed by atoms with van der Waals surface area (Å²) in [4.78, 5) is 14.2. The van der Waals surface area contributed by atoms with Crippen molar-refractivity contribution in [1.29, 1.82) is 0 Å². The molecule has 2 atom stereocenters. The molecule has 3 aromatic rings. The van der Waals surface area contributed by atoms with Gasteiger partial charge in [0, 0.05) is 0 Å². The van der Waals surface area contributed by atoms with Gasteiger partial charge in [-0.1, -0.05) is 72.6 Å². The first-order chi connectivity index (χ1) is 16.1. The maximum Gasteiger partial charge on any atom is 0.320 e. The molecule has 0 bridgehead atoms. The number of carbonyl (C=O) groups is 1. The number of likely N-dealkylation sites (tertiary alicyclic amines) is 1. The van der Waals surface area contributed by atoms with E-state index in [4.69, 9.17) is 9.47 Å². The number of aliphatic carboxylic acids is 1. The van der Waals surface area contributed by atoms with Crippen LogP contribution in [-0.2, 0) is 11.4 Å². The molecule has 0 spiro atoms. The molecule has 1 heterocycles. The number of benzene rings is 3. The van der Waals surface area contributed by atoms with Crippen LogP contribution in [0.1, 0.15) is 47.6 Å². The first kappa shape index (κ1) is 22.9. The average molecular weight is 446 g/mol. The SMILES string of the molecule is COc1cc(C(c2ccc(C)cc2)N2CCCCC2C(=O)O)ccc1OCc1ccccc1. The lowest BCUT2D eigenvalue weighted by molar-refractivity contribution is -0.145. The fourth-order valence-corrected chi connectivity index (χ4v) is 4.56. The van der Waals surface area contributed by atoms with Gasteiger partial charge in [-0.25, -0.2) is 0 Å². The molecule has 5 heteroatoms. The Hall–Kier alpha value is -3.31. The normalized spacial score (nSPS) is 17.3. The van der Waals surface area contributed by atoms with Crippen molar-refractivity contribution in [3.05, 3.63) is 95.1 Å². The molecule has 1 N–H and O–H groups in total. The van der Waals surface area contributed by atoms with E-state index in [1.54, 1.807) is 7.11 Å². The Balaban J connectivity index is 1.68. The first-order valence-electron chi connectivity index (χ1n) is 11.5. The summed E-state index contributed by atoms with van der Waals surface area (Å²) >= 11 is 0. The molecule has 1 aliphatic rings. The second-order valence-electron chi connectivity index (χ2n) is 8.59. The average Bonchev–Trinajstić information content (AvgIpc) is 2.85. The quantitative estimate of drug-likeness (QED) is 0.488. The van der Waals surface area contributed by atoms with E-state index in [1.807, 2.05) is 48.5 Å². The summed E-state index contributed by atoms with van der Waals surface area (Å²) in [5.41, 5.74) is 4.33. The number of methoxy groups -OCH3 is 1. The van der Waals surface area contributed by atoms with Crippen LogP contribution in [0.15, 0.2) is 72.8 Å². The van der Waals surface area contributed by atoms with Crippen molar-refractivity contribution in [1.82, 2.24) is 4.90 Å². The van der Waals surface area contributed by atoms with Crippen molar-refractivity contribution in [2.45, 2.75) is 44.9 Å². The summed E-state index contributed by atoms with van der Waals surface area (Å²) in [6.07, 6.45) is 2.58. The van der Waals surface area contributed by atoms with Gasteiger partial charge in [-0.3, -0.25) is 9.69 Å². The minimum absolute atomic E-state index is 0.177. The molecule has 2 unspecified atom stereocenters. The second kappa shape index (κ2) is 10.5. The minimum atomic E-state index is -0.762. The van der Waals surface area contributed by atoms with E-state index in [9.17, 15) is 9.90 Å². The zero-order chi connectivity index (χ0) is 23.2. The molecule has 0 radical (unpaired) electrons. The highest BCUT2D eigenvalue weighted by molar-refractivity contribution is 5.73. The van der Waals surface area contributed by atoms with Gasteiger partial charge in [0.25, 0.3) is 0 Å². The minimum Gasteiger partial charge on any atom is -0.493 e. The van der Waals surface area contributed by atoms with Crippen LogP contribution in [0.2, 0.25) is 0 Å². The molecule has 33 heavy (non-hydrogen) atoms. The van der Waals surface area contributed by atoms with Gasteiger partial charge in [-0.05, 0) is 55.1 Å². The third kappa shape index (κ3) is 5.37. The summed E-state index contributed by atoms with van der Waals surface area (Å²) in [7, 11) is 1.64. The molecule has 4 rings (SSSR count). The Bertz CT molecular complexity index is 1070. The van der Waals surface area contributed by atoms with Crippen molar-refractivity contribution in [2.75, 3.05) is 13.7 Å². The number of carboxylic acid groups (broad SMARTS) is 1. The third-order valence-electron chi connectivity index (χ3n) is 6.29. The topological polar surface area (TPSA) is 59.0 Å². The number of rotatable bonds is 8. The van der Waals surface area contributed by atoms with E-state index in [2.05, 4.69) is 36.1 Å². The Morgan fingerprint density at radius 3 is 2.42 bits per heavy atom. The highest BCUT2D eigenvalue weighted by Crippen LogP contribution is 2.38. The molecule has 0 aliphatic carbocycles. The molecule has 5 nitrogen and oxygen atoms in total. The second-order valence-corrected chi connectivity index (χ2v) is 8.59. The highest BCUT2D eigenvalue weighted by Gasteiger charge is 2.35. The van der Waals surface area contributed by atoms with Gasteiger partial charge in [0.1, 0.15) is 12.6 Å². The van der Waals surface area contributed by atoms with Crippen molar-refractivity contribution in [2.24, 2.45) is 0 Å². The van der Waals surface area contributed by atoms with Crippen LogP contribution < -0.4 is 9.47 Å². The Morgan fingerprint density at radius 1 is 1.00 bits per heavy atom. The molecule has 0 aromatic heterocycles. The van der Waals surface area contributed by atoms with Gasteiger partial charge in [0.2, 0.25) is 0 Å². The monoisotopic (exact) mass is 445 g/mol. The lowest BCUT2D eigenvalue weighted by Gasteiger charge is -2.39. The van der Waals surface area contributed by atoms with E-state index in [0.717, 1.165) is 36.1 Å². The van der Waals surface area contributed by atoms with Crippen LogP contribution in [-0.4, -0.2) is 35.7 Å². The van der Waals surface area contributed by atoms with E-state index in [1.165, 1.54) is 5.56 Å². The summed E-state index contributed by atoms with van der Waals surface area (Å²) in [6.45, 7) is 3.25. The molecule has 172 valence electrons. The van der Waals surface area contributed by atoms with Crippen LogP contribution in [0, 0.1) is 6.92 Å². The summed E-state index contributed by atoms with van der Waals surface area (Å²) in [5, 5.41) is 9.93. The summed E-state index contributed by atoms with van der Waals surface area (Å²) < 4.78 is 11.7. The molecular formula is C28H31NO4. The standard InChI is InChI=1S/C28H31NO4/c1-20-11-13-22(14-12-20)27(29-17-7-6-10-24(29)28(30)31)23-15-16-25(26(18-23)32-2)33-19-21-8-4-3-5-9-21/h3-5,8-9,11-16,18,24,27H,6-7,10,17,19H2,1-2H3,(H,30,31). The zero-order valence-corrected chi connectivity index (χ0v) is 19.2. The largest absolute Gasteiger partial charge is 0.493 e. The van der Waals surface area contributed by atoms with E-state index >= 15 is 0 Å². The number of aryl methyl sites for hydroxylation is 1. The number of carboxylic acids is 1. The highest BCUT2D eigenvalue weighted by atomic mass is 16.5. The molecule has 1 fully saturated rings. The maximum absolute atomic E-state index is 12.1. The lowest BCUT2D eigenvalue weighted by atomic mass is 9.91. The maximum atomic E-state index is 12.1. The van der Waals surface area contributed by atoms with Crippen molar-refractivity contribution in [3.63, 3.8) is 0 Å². The van der Waals surface area contributed by atoms with Gasteiger partial charge in [-0.2, -0.15) is 0 Å². The molecular weight excluding hydrogens is 414 g/mol. The number of nitrogens with zero attached hydrogens (tertiary/aromatic N) is 1. The fourth-order valence-electron chi connectivity index (χ4n) is 4.56. The number of ether oxygens (including phenoxy) is 2. The van der Waals surface area contributed by atoms with Crippen molar-refractivity contribution >= 4 is 5.97 Å². The first-order valence-corrected chi connectivity index (χ1v) is 11.5. The van der Waals surface area contributed by atoms with Crippen LogP contribution in [0.4, 0.5) is 0 Å². The number of hydrogen-bond donors (Lipinski definition) is 1. The molecule has 1 saturated heterocycles. The van der Waals surface area contributed by atoms with Crippen LogP contribution >= 0.6 is 0 Å². The van der Waals surface area contributed by atoms with Gasteiger partial charge in [0.05, 0.1) is 13.2 Å². The van der Waals surface area contributed by atoms with Crippen LogP contribution in [0.3, 0.4) is 0 Å². The Labute approximate surface area is 195 Å². The molecule has 1 aliphatic heterocycles. The Morgan fingerprint density at radius 2 is 1.73 bits per heavy atom. The van der Waals surface area contributed by atoms with Gasteiger partial charge in [0.15, 0.2) is 11.5 Å². The summed E-state index contributed by atoms with van der Waals surface area (Å²) in [6, 6.07) is 23.6. The van der Waals surface area contributed by atoms with Crippen molar-refractivity contribution < 1.29 is 19.4 Å². The lowest BCUT2D eigenvalue weighted by Crippen LogP contribution is -2.46. The van der Waals surface area contributed by atoms with Gasteiger partial charge in [-0.15, -0.1) is 0 Å². The van der Waals surface area contributed by atoms with E-state index in [0.29, 0.717) is 24.5 Å². The summed E-state index contributed by atoms with van der Waals surface area (Å²) in [5.74, 6) is 0.548. The third-order valence-corrected chi connectivity index (χ3v) is 6.29.